The molecule has 48 heavy (non-hydrogen) atoms. The van der Waals surface area contributed by atoms with Gasteiger partial charge in [0.2, 0.25) is 23.6 Å². The molecule has 12 nitrogen and oxygen atoms in total. The van der Waals surface area contributed by atoms with Gasteiger partial charge in [-0.2, -0.15) is 0 Å². The van der Waals surface area contributed by atoms with Gasteiger partial charge in [0.25, 0.3) is 5.91 Å². The Hall–Kier alpha value is -3.96. The Balaban J connectivity index is 2.11. The predicted molar refractivity (Wildman–Crippen MR) is 181 cm³/mol. The molecule has 266 valence electrons. The van der Waals surface area contributed by atoms with Crippen LogP contribution in [0.5, 0.6) is 0 Å². The summed E-state index contributed by atoms with van der Waals surface area (Å²) in [6.07, 6.45) is -0.312. The van der Waals surface area contributed by atoms with E-state index < -0.39 is 65.8 Å². The number of hydrogen-bond donors (Lipinski definition) is 2. The lowest BCUT2D eigenvalue weighted by Crippen LogP contribution is -2.61. The maximum atomic E-state index is 14.4. The number of likely N-dealkylation sites (N-methyl/N-ethyl adjacent to an activating group) is 2. The van der Waals surface area contributed by atoms with Gasteiger partial charge in [-0.1, -0.05) is 78.8 Å². The highest BCUT2D eigenvalue weighted by atomic mass is 16.5. The summed E-state index contributed by atoms with van der Waals surface area (Å²) in [6, 6.07) is 5.50. The highest BCUT2D eigenvalue weighted by Gasteiger charge is 2.45. The molecule has 0 aliphatic carbocycles. The summed E-state index contributed by atoms with van der Waals surface area (Å²) in [5.74, 6) is -3.75. The van der Waals surface area contributed by atoms with Gasteiger partial charge in [-0.05, 0) is 42.1 Å². The van der Waals surface area contributed by atoms with Gasteiger partial charge in [-0.15, -0.1) is 0 Å². The maximum absolute atomic E-state index is 14.4. The monoisotopic (exact) mass is 669 g/mol. The lowest BCUT2D eigenvalue weighted by molar-refractivity contribution is -0.162. The second kappa shape index (κ2) is 16.9. The van der Waals surface area contributed by atoms with Crippen molar-refractivity contribution in [2.45, 2.75) is 104 Å². The number of hydrogen-bond acceptors (Lipinski definition) is 7. The zero-order valence-electron chi connectivity index (χ0n) is 30.0. The van der Waals surface area contributed by atoms with Crippen LogP contribution in [0.15, 0.2) is 30.3 Å². The summed E-state index contributed by atoms with van der Waals surface area (Å²) in [7, 11) is 3.09. The van der Waals surface area contributed by atoms with E-state index in [2.05, 4.69) is 10.6 Å². The second-order valence-corrected chi connectivity index (χ2v) is 14.4. The van der Waals surface area contributed by atoms with E-state index >= 15 is 0 Å². The Bertz CT molecular complexity index is 1320. The topological polar surface area (TPSA) is 145 Å². The molecule has 2 fully saturated rings. The summed E-state index contributed by atoms with van der Waals surface area (Å²) in [4.78, 5) is 87.2. The SMILES string of the molecule is CC(C)CC1OC(=O)CCNC(=O)[C@H](C(C)C)N(C)C(=O)[C@H](C(C)C)N(C)C(=O)[C@H](Cc2ccccc2)NC(=O)[C@@H]2[C@@H](C)CCN2C1=O. The first-order valence-electron chi connectivity index (χ1n) is 17.2. The van der Waals surface area contributed by atoms with E-state index in [9.17, 15) is 28.8 Å². The largest absolute Gasteiger partial charge is 0.452 e. The summed E-state index contributed by atoms with van der Waals surface area (Å²) in [5, 5.41) is 5.70. The third-order valence-corrected chi connectivity index (χ3v) is 9.33. The lowest BCUT2D eigenvalue weighted by atomic mass is 9.95. The van der Waals surface area contributed by atoms with Crippen LogP contribution in [0.1, 0.15) is 73.3 Å². The molecule has 0 aromatic heterocycles. The van der Waals surface area contributed by atoms with Crippen LogP contribution in [0, 0.1) is 23.7 Å². The van der Waals surface area contributed by atoms with Gasteiger partial charge < -0.3 is 30.1 Å². The smallest absolute Gasteiger partial charge is 0.308 e. The van der Waals surface area contributed by atoms with Crippen molar-refractivity contribution in [2.24, 2.45) is 23.7 Å². The quantitative estimate of drug-likeness (QED) is 0.443. The molecule has 0 spiro atoms. The van der Waals surface area contributed by atoms with Gasteiger partial charge in [-0.3, -0.25) is 28.8 Å². The number of amides is 5. The fourth-order valence-corrected chi connectivity index (χ4v) is 6.88. The minimum atomic E-state index is -1.11. The highest BCUT2D eigenvalue weighted by molar-refractivity contribution is 5.96. The van der Waals surface area contributed by atoms with Crippen molar-refractivity contribution in [3.05, 3.63) is 35.9 Å². The molecular weight excluding hydrogens is 614 g/mol. The van der Waals surface area contributed by atoms with Gasteiger partial charge in [0.05, 0.1) is 6.42 Å². The number of nitrogens with zero attached hydrogens (tertiary/aromatic N) is 3. The molecule has 2 N–H and O–H groups in total. The molecule has 6 atom stereocenters. The molecule has 0 saturated carbocycles. The van der Waals surface area contributed by atoms with Crippen LogP contribution in [0.2, 0.25) is 0 Å². The van der Waals surface area contributed by atoms with Crippen LogP contribution in [-0.2, 0) is 39.9 Å². The Morgan fingerprint density at radius 1 is 0.812 bits per heavy atom. The molecule has 1 aromatic carbocycles. The summed E-state index contributed by atoms with van der Waals surface area (Å²) >= 11 is 0. The van der Waals surface area contributed by atoms with E-state index in [1.54, 1.807) is 14.1 Å². The Kier molecular flexibility index (Phi) is 13.6. The number of nitrogens with one attached hydrogen (secondary N) is 2. The maximum Gasteiger partial charge on any atom is 0.308 e. The number of ether oxygens (including phenoxy) is 1. The van der Waals surface area contributed by atoms with E-state index in [0.717, 1.165) is 5.56 Å². The van der Waals surface area contributed by atoms with Crippen LogP contribution in [-0.4, -0.2) is 108 Å². The highest BCUT2D eigenvalue weighted by Crippen LogP contribution is 2.27. The molecule has 1 aromatic rings. The van der Waals surface area contributed by atoms with Crippen LogP contribution < -0.4 is 10.6 Å². The first-order valence-corrected chi connectivity index (χ1v) is 17.2. The number of esters is 1. The second-order valence-electron chi connectivity index (χ2n) is 14.4. The fraction of sp³-hybridized carbons (Fsp3) is 0.667. The Labute approximate surface area is 285 Å². The zero-order valence-corrected chi connectivity index (χ0v) is 30.0. The molecule has 0 radical (unpaired) electrons. The molecule has 1 unspecified atom stereocenters. The van der Waals surface area contributed by atoms with Crippen LogP contribution in [0.3, 0.4) is 0 Å². The summed E-state index contributed by atoms with van der Waals surface area (Å²) in [5.41, 5.74) is 0.806. The Morgan fingerprint density at radius 2 is 1.42 bits per heavy atom. The fourth-order valence-electron chi connectivity index (χ4n) is 6.88. The molecule has 2 aliphatic heterocycles. The van der Waals surface area contributed by atoms with Crippen LogP contribution >= 0.6 is 0 Å². The van der Waals surface area contributed by atoms with E-state index in [4.69, 9.17) is 4.74 Å². The molecule has 2 aliphatic rings. The molecule has 3 rings (SSSR count). The molecule has 2 heterocycles. The minimum absolute atomic E-state index is 0.0116. The summed E-state index contributed by atoms with van der Waals surface area (Å²) < 4.78 is 5.70. The third kappa shape index (κ3) is 9.35. The average molecular weight is 670 g/mol. The van der Waals surface area contributed by atoms with Crippen LogP contribution in [0.4, 0.5) is 0 Å². The number of benzene rings is 1. The molecule has 2 saturated heterocycles. The standard InChI is InChI=1S/C36H55N5O7/c1-21(2)19-27-35(46)41-18-16-24(7)31(41)33(44)38-26(20-25-13-11-10-12-14-25)34(45)40(9)30(23(5)6)36(47)39(8)29(22(3)4)32(43)37-17-15-28(42)48-27/h10-14,21-24,26-27,29-31H,15-20H2,1-9H3,(H,37,43)(H,38,44)/t24-,26-,27?,29-,30-,31-/m0/s1. The van der Waals surface area contributed by atoms with Gasteiger partial charge in [0, 0.05) is 33.6 Å². The number of fused-ring (bicyclic) bond motifs is 1. The first kappa shape index (κ1) is 38.5. The van der Waals surface area contributed by atoms with Crippen molar-refractivity contribution in [3.63, 3.8) is 0 Å². The Morgan fingerprint density at radius 3 is 2.00 bits per heavy atom. The van der Waals surface area contributed by atoms with Crippen molar-refractivity contribution in [1.29, 1.82) is 0 Å². The minimum Gasteiger partial charge on any atom is -0.452 e. The van der Waals surface area contributed by atoms with Crippen molar-refractivity contribution >= 4 is 35.5 Å². The van der Waals surface area contributed by atoms with Gasteiger partial charge in [0.1, 0.15) is 24.2 Å². The van der Waals surface area contributed by atoms with Crippen molar-refractivity contribution in [2.75, 3.05) is 27.2 Å². The van der Waals surface area contributed by atoms with Crippen molar-refractivity contribution in [3.8, 4) is 0 Å². The molecule has 5 amide bonds. The molecule has 12 heteroatoms. The lowest BCUT2D eigenvalue weighted by Gasteiger charge is -2.38. The third-order valence-electron chi connectivity index (χ3n) is 9.33. The average Bonchev–Trinajstić information content (AvgIpc) is 3.40. The van der Waals surface area contributed by atoms with Gasteiger partial charge >= 0.3 is 5.97 Å². The van der Waals surface area contributed by atoms with Gasteiger partial charge in [-0.25, -0.2) is 0 Å². The zero-order chi connectivity index (χ0) is 35.9. The van der Waals surface area contributed by atoms with Crippen molar-refractivity contribution in [1.82, 2.24) is 25.3 Å². The number of cyclic esters (lactones) is 1. The van der Waals surface area contributed by atoms with Crippen molar-refractivity contribution < 1.29 is 33.5 Å². The molecular formula is C36H55N5O7. The number of carbonyl (C=O) groups excluding carboxylic acids is 6. The number of rotatable bonds is 6. The number of carbonyl (C=O) groups is 6. The normalized spacial score (nSPS) is 27.5. The predicted octanol–water partition coefficient (Wildman–Crippen LogP) is 2.39. The van der Waals surface area contributed by atoms with E-state index in [0.29, 0.717) is 13.0 Å². The first-order chi connectivity index (χ1) is 22.5. The van der Waals surface area contributed by atoms with E-state index in [-0.39, 0.29) is 49.5 Å². The summed E-state index contributed by atoms with van der Waals surface area (Å²) in [6.45, 7) is 13.2. The molecule has 0 bridgehead atoms. The van der Waals surface area contributed by atoms with Gasteiger partial charge in [0.15, 0.2) is 6.10 Å². The van der Waals surface area contributed by atoms with E-state index in [1.807, 2.05) is 78.8 Å². The van der Waals surface area contributed by atoms with E-state index in [1.165, 1.54) is 14.7 Å². The van der Waals surface area contributed by atoms with Crippen LogP contribution in [0.25, 0.3) is 0 Å².